The van der Waals surface area contributed by atoms with Gasteiger partial charge in [0.2, 0.25) is 0 Å². The molecule has 1 saturated heterocycles. The minimum Gasteiger partial charge on any atom is -0.328 e. The summed E-state index contributed by atoms with van der Waals surface area (Å²) in [4.78, 5) is 22.2. The molecule has 1 fully saturated rings. The van der Waals surface area contributed by atoms with Crippen LogP contribution in [0.3, 0.4) is 0 Å². The van der Waals surface area contributed by atoms with Crippen LogP contribution in [0.4, 0.5) is 10.5 Å². The zero-order valence-electron chi connectivity index (χ0n) is 20.0. The number of carbonyl (C=O) groups excluding carboxylic acids is 1. The topological polar surface area (TPSA) is 65.2 Å². The molecule has 0 radical (unpaired) electrons. The molecule has 4 aromatic rings. The highest BCUT2D eigenvalue weighted by Crippen LogP contribution is 2.34. The Balaban J connectivity index is 1.43. The SMILES string of the molecule is CCCCC(c1cncn1Cc1ccc(C#N)cc1)N1CCN(c2cccc3ccccc23)C1=O. The van der Waals surface area contributed by atoms with Crippen LogP contribution in [-0.2, 0) is 6.54 Å². The molecule has 176 valence electrons. The molecule has 0 aliphatic carbocycles. The minimum atomic E-state index is -0.0386. The van der Waals surface area contributed by atoms with Crippen LogP contribution < -0.4 is 4.90 Å². The van der Waals surface area contributed by atoms with E-state index >= 15 is 0 Å². The van der Waals surface area contributed by atoms with Gasteiger partial charge < -0.3 is 9.47 Å². The standard InChI is InChI=1S/C29H29N5O/c1-2-3-10-27(28-19-31-21-32(28)20-23-14-12-22(18-30)13-15-23)34-17-16-33(29(34)35)26-11-6-8-24-7-4-5-9-25(24)26/h4-9,11-15,19,21,27H,2-3,10,16-17,20H2,1H3. The molecule has 1 aromatic heterocycles. The summed E-state index contributed by atoms with van der Waals surface area (Å²) in [6, 6.07) is 24.2. The number of imidazole rings is 1. The van der Waals surface area contributed by atoms with E-state index < -0.39 is 0 Å². The summed E-state index contributed by atoms with van der Waals surface area (Å²) < 4.78 is 2.13. The second-order valence-corrected chi connectivity index (χ2v) is 9.04. The van der Waals surface area contributed by atoms with Gasteiger partial charge in [-0.3, -0.25) is 4.90 Å². The molecule has 2 heterocycles. The first-order chi connectivity index (χ1) is 17.2. The molecule has 0 bridgehead atoms. The average molecular weight is 464 g/mol. The van der Waals surface area contributed by atoms with Gasteiger partial charge in [0.1, 0.15) is 0 Å². The van der Waals surface area contributed by atoms with Crippen LogP contribution >= 0.6 is 0 Å². The zero-order chi connectivity index (χ0) is 24.2. The highest BCUT2D eigenvalue weighted by Gasteiger charge is 2.36. The van der Waals surface area contributed by atoms with Crippen molar-refractivity contribution in [2.45, 2.75) is 38.8 Å². The molecule has 5 rings (SSSR count). The van der Waals surface area contributed by atoms with Crippen molar-refractivity contribution in [2.75, 3.05) is 18.0 Å². The maximum atomic E-state index is 13.8. The van der Waals surface area contributed by atoms with Crippen molar-refractivity contribution in [3.63, 3.8) is 0 Å². The van der Waals surface area contributed by atoms with Gasteiger partial charge in [-0.15, -0.1) is 0 Å². The fraction of sp³-hybridized carbons (Fsp3) is 0.276. The van der Waals surface area contributed by atoms with Gasteiger partial charge in [-0.2, -0.15) is 5.26 Å². The molecule has 1 aliphatic heterocycles. The van der Waals surface area contributed by atoms with Crippen molar-refractivity contribution in [1.82, 2.24) is 14.5 Å². The Morgan fingerprint density at radius 2 is 1.83 bits per heavy atom. The molecule has 1 atom stereocenters. The molecule has 1 aliphatic rings. The Morgan fingerprint density at radius 1 is 1.03 bits per heavy atom. The second kappa shape index (κ2) is 10.0. The number of nitriles is 1. The van der Waals surface area contributed by atoms with Crippen LogP contribution in [0.5, 0.6) is 0 Å². The first-order valence-electron chi connectivity index (χ1n) is 12.2. The van der Waals surface area contributed by atoms with Crippen LogP contribution in [0, 0.1) is 11.3 Å². The van der Waals surface area contributed by atoms with Crippen molar-refractivity contribution >= 4 is 22.5 Å². The molecular formula is C29H29N5O. The first-order valence-corrected chi connectivity index (χ1v) is 12.2. The van der Waals surface area contributed by atoms with Gasteiger partial charge in [0.15, 0.2) is 0 Å². The lowest BCUT2D eigenvalue weighted by Gasteiger charge is -2.29. The van der Waals surface area contributed by atoms with Crippen LogP contribution in [-0.4, -0.2) is 33.6 Å². The van der Waals surface area contributed by atoms with Gasteiger partial charge in [-0.25, -0.2) is 9.78 Å². The lowest BCUT2D eigenvalue weighted by molar-refractivity contribution is 0.193. The molecular weight excluding hydrogens is 434 g/mol. The Bertz CT molecular complexity index is 1360. The third-order valence-electron chi connectivity index (χ3n) is 6.83. The van der Waals surface area contributed by atoms with Crippen molar-refractivity contribution in [1.29, 1.82) is 5.26 Å². The number of hydrogen-bond donors (Lipinski definition) is 0. The molecule has 3 aromatic carbocycles. The van der Waals surface area contributed by atoms with Gasteiger partial charge in [0, 0.05) is 25.0 Å². The summed E-state index contributed by atoms with van der Waals surface area (Å²) >= 11 is 0. The molecule has 1 unspecified atom stereocenters. The van der Waals surface area contributed by atoms with Gasteiger partial charge in [-0.05, 0) is 35.6 Å². The number of aromatic nitrogens is 2. The summed E-state index contributed by atoms with van der Waals surface area (Å²) in [7, 11) is 0. The van der Waals surface area contributed by atoms with Crippen LogP contribution in [0.2, 0.25) is 0 Å². The number of fused-ring (bicyclic) bond motifs is 1. The second-order valence-electron chi connectivity index (χ2n) is 9.04. The van der Waals surface area contributed by atoms with Crippen molar-refractivity contribution in [3.05, 3.63) is 96.1 Å². The first kappa shape index (κ1) is 22.7. The number of anilines is 1. The number of nitrogens with zero attached hydrogens (tertiary/aromatic N) is 5. The quantitative estimate of drug-likeness (QED) is 0.316. The minimum absolute atomic E-state index is 0.0386. The lowest BCUT2D eigenvalue weighted by Crippen LogP contribution is -2.35. The number of rotatable bonds is 8. The normalized spacial score (nSPS) is 14.5. The summed E-state index contributed by atoms with van der Waals surface area (Å²) in [5, 5.41) is 11.3. The number of carbonyl (C=O) groups is 1. The summed E-state index contributed by atoms with van der Waals surface area (Å²) in [6.45, 7) is 4.18. The van der Waals surface area contributed by atoms with Gasteiger partial charge in [-0.1, -0.05) is 68.3 Å². The predicted molar refractivity (Wildman–Crippen MR) is 138 cm³/mol. The predicted octanol–water partition coefficient (Wildman–Crippen LogP) is 6.13. The van der Waals surface area contributed by atoms with Gasteiger partial charge in [0.25, 0.3) is 0 Å². The summed E-state index contributed by atoms with van der Waals surface area (Å²) in [6.07, 6.45) is 6.73. The van der Waals surface area contributed by atoms with Crippen molar-refractivity contribution in [2.24, 2.45) is 0 Å². The van der Waals surface area contributed by atoms with Crippen LogP contribution in [0.25, 0.3) is 10.8 Å². The Labute approximate surface area is 206 Å². The molecule has 0 saturated carbocycles. The highest BCUT2D eigenvalue weighted by atomic mass is 16.2. The maximum absolute atomic E-state index is 13.8. The Hall–Kier alpha value is -4.11. The number of unbranched alkanes of at least 4 members (excludes halogenated alkanes) is 1. The summed E-state index contributed by atoms with van der Waals surface area (Å²) in [5.74, 6) is 0. The molecule has 6 nitrogen and oxygen atoms in total. The molecule has 35 heavy (non-hydrogen) atoms. The van der Waals surface area contributed by atoms with E-state index in [1.54, 1.807) is 0 Å². The van der Waals surface area contributed by atoms with E-state index in [2.05, 4.69) is 40.7 Å². The van der Waals surface area contributed by atoms with Crippen molar-refractivity contribution < 1.29 is 4.79 Å². The average Bonchev–Trinajstić information content (AvgIpc) is 3.51. The molecule has 0 spiro atoms. The van der Waals surface area contributed by atoms with Crippen molar-refractivity contribution in [3.8, 4) is 6.07 Å². The number of hydrogen-bond acceptors (Lipinski definition) is 3. The van der Waals surface area contributed by atoms with E-state index in [4.69, 9.17) is 5.26 Å². The highest BCUT2D eigenvalue weighted by molar-refractivity contribution is 6.04. The maximum Gasteiger partial charge on any atom is 0.325 e. The monoisotopic (exact) mass is 463 g/mol. The zero-order valence-corrected chi connectivity index (χ0v) is 20.0. The Morgan fingerprint density at radius 3 is 2.63 bits per heavy atom. The third-order valence-corrected chi connectivity index (χ3v) is 6.83. The van der Waals surface area contributed by atoms with Gasteiger partial charge in [0.05, 0.1) is 41.6 Å². The van der Waals surface area contributed by atoms with Gasteiger partial charge >= 0.3 is 6.03 Å². The Kier molecular flexibility index (Phi) is 6.49. The van der Waals surface area contributed by atoms with E-state index in [-0.39, 0.29) is 12.1 Å². The van der Waals surface area contributed by atoms with E-state index in [9.17, 15) is 4.79 Å². The van der Waals surface area contributed by atoms with E-state index in [0.717, 1.165) is 47.0 Å². The molecule has 0 N–H and O–H groups in total. The largest absolute Gasteiger partial charge is 0.328 e. The summed E-state index contributed by atoms with van der Waals surface area (Å²) in [5.41, 5.74) is 3.77. The number of benzene rings is 3. The number of urea groups is 1. The fourth-order valence-corrected chi connectivity index (χ4v) is 4.99. The van der Waals surface area contributed by atoms with Crippen LogP contribution in [0.15, 0.2) is 79.3 Å². The molecule has 6 heteroatoms. The molecule has 2 amide bonds. The smallest absolute Gasteiger partial charge is 0.325 e. The van der Waals surface area contributed by atoms with E-state index in [0.29, 0.717) is 25.2 Å². The van der Waals surface area contributed by atoms with E-state index in [1.807, 2.05) is 70.9 Å². The fourth-order valence-electron chi connectivity index (χ4n) is 4.99. The van der Waals surface area contributed by atoms with Crippen LogP contribution in [0.1, 0.15) is 49.0 Å². The van der Waals surface area contributed by atoms with E-state index in [1.165, 1.54) is 0 Å². The number of amides is 2. The lowest BCUT2D eigenvalue weighted by atomic mass is 10.0. The third kappa shape index (κ3) is 4.50.